The number of alkyl halides is 3. The smallest absolute Gasteiger partial charge is 0.376 e. The molecule has 1 saturated heterocycles. The molecule has 2 N–H and O–H groups in total. The second-order valence-corrected chi connectivity index (χ2v) is 5.39. The monoisotopic (exact) mass is 336 g/mol. The molecule has 22 heavy (non-hydrogen) atoms. The zero-order chi connectivity index (χ0) is 16.2. The average molecular weight is 337 g/mol. The lowest BCUT2D eigenvalue weighted by Gasteiger charge is -2.13. The van der Waals surface area contributed by atoms with Crippen molar-refractivity contribution in [2.45, 2.75) is 25.1 Å². The van der Waals surface area contributed by atoms with Crippen LogP contribution in [0, 0.1) is 0 Å². The lowest BCUT2D eigenvalue weighted by molar-refractivity contribution is -0.137. The number of amides is 1. The van der Waals surface area contributed by atoms with Crippen LogP contribution in [0.3, 0.4) is 0 Å². The summed E-state index contributed by atoms with van der Waals surface area (Å²) in [7, 11) is 0. The molecule has 1 fully saturated rings. The van der Waals surface area contributed by atoms with E-state index in [1.54, 1.807) is 0 Å². The van der Waals surface area contributed by atoms with Gasteiger partial charge in [-0.3, -0.25) is 4.79 Å². The summed E-state index contributed by atoms with van der Waals surface area (Å²) in [4.78, 5) is 11.6. The minimum Gasteiger partial charge on any atom is -0.376 e. The van der Waals surface area contributed by atoms with Crippen LogP contribution in [0.25, 0.3) is 0 Å². The third-order valence-electron chi connectivity index (χ3n) is 3.28. The van der Waals surface area contributed by atoms with Gasteiger partial charge in [-0.25, -0.2) is 0 Å². The number of hydrogen-bond acceptors (Lipinski definition) is 3. The highest BCUT2D eigenvalue weighted by Gasteiger charge is 2.33. The highest BCUT2D eigenvalue weighted by molar-refractivity contribution is 6.31. The van der Waals surface area contributed by atoms with Crippen LogP contribution in [0.15, 0.2) is 18.2 Å². The first-order valence-corrected chi connectivity index (χ1v) is 7.23. The number of carbonyl (C=O) groups excluding carboxylic acids is 1. The molecule has 1 atom stereocenters. The molecule has 1 aromatic rings. The molecule has 0 spiro atoms. The Bertz CT molecular complexity index is 531. The Labute approximate surface area is 131 Å². The van der Waals surface area contributed by atoms with Gasteiger partial charge in [-0.15, -0.1) is 0 Å². The lowest BCUT2D eigenvalue weighted by Crippen LogP contribution is -2.35. The molecular formula is C14H16ClF3N2O2. The van der Waals surface area contributed by atoms with E-state index in [2.05, 4.69) is 10.6 Å². The number of ether oxygens (including phenoxy) is 1. The van der Waals surface area contributed by atoms with Gasteiger partial charge in [0.1, 0.15) is 0 Å². The quantitative estimate of drug-likeness (QED) is 0.869. The van der Waals surface area contributed by atoms with Crippen molar-refractivity contribution in [2.24, 2.45) is 0 Å². The SMILES string of the molecule is O=C(CNc1ccc(Cl)c(C(F)(F)F)c1)NCC1CCCO1. The molecule has 1 aliphatic heterocycles. The van der Waals surface area contributed by atoms with E-state index in [4.69, 9.17) is 16.3 Å². The fraction of sp³-hybridized carbons (Fsp3) is 0.500. The van der Waals surface area contributed by atoms with E-state index >= 15 is 0 Å². The van der Waals surface area contributed by atoms with E-state index < -0.39 is 11.7 Å². The first-order chi connectivity index (χ1) is 10.4. The summed E-state index contributed by atoms with van der Waals surface area (Å²) in [5, 5.41) is 4.95. The van der Waals surface area contributed by atoms with Crippen molar-refractivity contribution >= 4 is 23.2 Å². The van der Waals surface area contributed by atoms with E-state index in [1.807, 2.05) is 0 Å². The number of nitrogens with one attached hydrogen (secondary N) is 2. The Morgan fingerprint density at radius 2 is 2.18 bits per heavy atom. The largest absolute Gasteiger partial charge is 0.417 e. The maximum absolute atomic E-state index is 12.7. The number of hydrogen-bond donors (Lipinski definition) is 2. The van der Waals surface area contributed by atoms with Crippen molar-refractivity contribution in [1.29, 1.82) is 0 Å². The van der Waals surface area contributed by atoms with Gasteiger partial charge in [0.05, 0.1) is 23.2 Å². The predicted molar refractivity (Wildman–Crippen MR) is 76.9 cm³/mol. The summed E-state index contributed by atoms with van der Waals surface area (Å²) in [6, 6.07) is 3.43. The lowest BCUT2D eigenvalue weighted by atomic mass is 10.2. The fourth-order valence-electron chi connectivity index (χ4n) is 2.13. The van der Waals surface area contributed by atoms with Gasteiger partial charge in [-0.05, 0) is 31.0 Å². The molecule has 0 bridgehead atoms. The maximum Gasteiger partial charge on any atom is 0.417 e. The molecule has 1 heterocycles. The molecule has 2 rings (SSSR count). The molecule has 1 amide bonds. The Morgan fingerprint density at radius 1 is 1.41 bits per heavy atom. The van der Waals surface area contributed by atoms with Gasteiger partial charge in [0.15, 0.2) is 0 Å². The molecule has 0 saturated carbocycles. The highest BCUT2D eigenvalue weighted by atomic mass is 35.5. The van der Waals surface area contributed by atoms with Crippen LogP contribution in [0.2, 0.25) is 5.02 Å². The Balaban J connectivity index is 1.84. The number of benzene rings is 1. The summed E-state index contributed by atoms with van der Waals surface area (Å²) in [6.07, 6.45) is -2.63. The molecule has 0 radical (unpaired) electrons. The molecule has 1 aromatic carbocycles. The van der Waals surface area contributed by atoms with Crippen LogP contribution in [0.4, 0.5) is 18.9 Å². The standard InChI is InChI=1S/C14H16ClF3N2O2/c15-12-4-3-9(6-11(12)14(16,17)18)19-8-13(21)20-7-10-2-1-5-22-10/h3-4,6,10,19H,1-2,5,7-8H2,(H,20,21). The molecule has 0 aromatic heterocycles. The zero-order valence-corrected chi connectivity index (χ0v) is 12.4. The van der Waals surface area contributed by atoms with Gasteiger partial charge in [0, 0.05) is 18.8 Å². The molecular weight excluding hydrogens is 321 g/mol. The second kappa shape index (κ2) is 7.19. The molecule has 4 nitrogen and oxygen atoms in total. The fourth-order valence-corrected chi connectivity index (χ4v) is 2.36. The summed E-state index contributed by atoms with van der Waals surface area (Å²) < 4.78 is 43.5. The average Bonchev–Trinajstić information content (AvgIpc) is 2.96. The van der Waals surface area contributed by atoms with Crippen molar-refractivity contribution in [3.8, 4) is 0 Å². The molecule has 1 unspecified atom stereocenters. The summed E-state index contributed by atoms with van der Waals surface area (Å²) >= 11 is 5.53. The number of rotatable bonds is 5. The van der Waals surface area contributed by atoms with Crippen molar-refractivity contribution in [1.82, 2.24) is 5.32 Å². The van der Waals surface area contributed by atoms with Crippen LogP contribution in [0.5, 0.6) is 0 Å². The minimum atomic E-state index is -4.53. The first kappa shape index (κ1) is 16.9. The number of anilines is 1. The van der Waals surface area contributed by atoms with E-state index in [9.17, 15) is 18.0 Å². The molecule has 1 aliphatic rings. The third kappa shape index (κ3) is 4.78. The van der Waals surface area contributed by atoms with Crippen LogP contribution < -0.4 is 10.6 Å². The summed E-state index contributed by atoms with van der Waals surface area (Å²) in [5.41, 5.74) is -0.747. The van der Waals surface area contributed by atoms with Crippen molar-refractivity contribution < 1.29 is 22.7 Å². The van der Waals surface area contributed by atoms with Gasteiger partial charge < -0.3 is 15.4 Å². The topological polar surface area (TPSA) is 50.4 Å². The van der Waals surface area contributed by atoms with Gasteiger partial charge in [-0.2, -0.15) is 13.2 Å². The third-order valence-corrected chi connectivity index (χ3v) is 3.61. The van der Waals surface area contributed by atoms with Crippen molar-refractivity contribution in [2.75, 3.05) is 25.0 Å². The van der Waals surface area contributed by atoms with Gasteiger partial charge in [-0.1, -0.05) is 11.6 Å². The molecule has 8 heteroatoms. The Morgan fingerprint density at radius 3 is 2.82 bits per heavy atom. The first-order valence-electron chi connectivity index (χ1n) is 6.85. The highest BCUT2D eigenvalue weighted by Crippen LogP contribution is 2.36. The second-order valence-electron chi connectivity index (χ2n) is 4.99. The molecule has 0 aliphatic carbocycles. The van der Waals surface area contributed by atoms with Crippen LogP contribution in [-0.2, 0) is 15.7 Å². The Kier molecular flexibility index (Phi) is 5.52. The normalized spacial score (nSPS) is 18.3. The van der Waals surface area contributed by atoms with E-state index in [0.29, 0.717) is 13.2 Å². The van der Waals surface area contributed by atoms with Gasteiger partial charge in [0.2, 0.25) is 5.91 Å². The maximum atomic E-state index is 12.7. The minimum absolute atomic E-state index is 0.0244. The summed E-state index contributed by atoms with van der Waals surface area (Å²) in [6.45, 7) is 0.990. The number of carbonyl (C=O) groups is 1. The predicted octanol–water partition coefficient (Wildman–Crippen LogP) is 3.07. The van der Waals surface area contributed by atoms with Crippen molar-refractivity contribution in [3.63, 3.8) is 0 Å². The van der Waals surface area contributed by atoms with Crippen LogP contribution in [-0.4, -0.2) is 31.7 Å². The zero-order valence-electron chi connectivity index (χ0n) is 11.7. The molecule has 122 valence electrons. The van der Waals surface area contributed by atoms with E-state index in [0.717, 1.165) is 25.0 Å². The van der Waals surface area contributed by atoms with E-state index in [-0.39, 0.29) is 29.3 Å². The van der Waals surface area contributed by atoms with Crippen molar-refractivity contribution in [3.05, 3.63) is 28.8 Å². The van der Waals surface area contributed by atoms with Crippen LogP contribution in [0.1, 0.15) is 18.4 Å². The number of halogens is 4. The van der Waals surface area contributed by atoms with Gasteiger partial charge in [0.25, 0.3) is 0 Å². The van der Waals surface area contributed by atoms with Gasteiger partial charge >= 0.3 is 6.18 Å². The summed E-state index contributed by atoms with van der Waals surface area (Å²) in [5.74, 6) is -0.306. The Hall–Kier alpha value is -1.47. The van der Waals surface area contributed by atoms with E-state index in [1.165, 1.54) is 6.07 Å². The van der Waals surface area contributed by atoms with Crippen LogP contribution >= 0.6 is 11.6 Å².